The third-order valence-electron chi connectivity index (χ3n) is 9.00. The molecular weight excluding hydrogens is 572 g/mol. The Labute approximate surface area is 267 Å². The zero-order valence-corrected chi connectivity index (χ0v) is 28.1. The number of rotatable bonds is 10. The third-order valence-corrected chi connectivity index (χ3v) is 9.69. The van der Waals surface area contributed by atoms with Crippen molar-refractivity contribution in [2.75, 3.05) is 13.1 Å². The van der Waals surface area contributed by atoms with Crippen LogP contribution in [0.1, 0.15) is 89.6 Å². The lowest BCUT2D eigenvalue weighted by Gasteiger charge is -2.47. The molecule has 1 aliphatic heterocycles. The summed E-state index contributed by atoms with van der Waals surface area (Å²) >= 11 is 1.43. The van der Waals surface area contributed by atoms with Crippen molar-refractivity contribution in [2.45, 2.75) is 110 Å². The fourth-order valence-electron chi connectivity index (χ4n) is 6.70. The van der Waals surface area contributed by atoms with Gasteiger partial charge in [-0.25, -0.2) is 0 Å². The first-order valence-corrected chi connectivity index (χ1v) is 17.1. The Kier molecular flexibility index (Phi) is 11.3. The summed E-state index contributed by atoms with van der Waals surface area (Å²) in [4.78, 5) is 42.6. The van der Waals surface area contributed by atoms with Crippen molar-refractivity contribution >= 4 is 29.1 Å². The lowest BCUT2D eigenvalue weighted by Crippen LogP contribution is -2.61. The maximum absolute atomic E-state index is 13.9. The summed E-state index contributed by atoms with van der Waals surface area (Å²) in [7, 11) is 0. The van der Waals surface area contributed by atoms with E-state index in [0.717, 1.165) is 31.4 Å². The number of thiophene rings is 1. The molecule has 2 unspecified atom stereocenters. The van der Waals surface area contributed by atoms with E-state index < -0.39 is 23.6 Å². The van der Waals surface area contributed by atoms with E-state index in [0.29, 0.717) is 23.8 Å². The number of fused-ring (bicyclic) bond motifs is 1. The Morgan fingerprint density at radius 3 is 2.27 bits per heavy atom. The van der Waals surface area contributed by atoms with Crippen LogP contribution in [0.15, 0.2) is 47.2 Å². The van der Waals surface area contributed by atoms with Gasteiger partial charge in [0.05, 0.1) is 23.8 Å². The van der Waals surface area contributed by atoms with Crippen molar-refractivity contribution in [3.8, 4) is 0 Å². The Hall–Kier alpha value is -2.75. The summed E-state index contributed by atoms with van der Waals surface area (Å²) in [5, 5.41) is 24.7. The van der Waals surface area contributed by atoms with Gasteiger partial charge in [0.1, 0.15) is 6.04 Å². The molecule has 1 aromatic carbocycles. The molecule has 2 aromatic rings. The minimum Gasteiger partial charge on any atom is -0.390 e. The van der Waals surface area contributed by atoms with Crippen molar-refractivity contribution in [1.82, 2.24) is 20.9 Å². The van der Waals surface area contributed by atoms with Gasteiger partial charge in [0.25, 0.3) is 5.91 Å². The molecule has 4 N–H and O–H groups in total. The molecule has 2 aliphatic rings. The number of hydrogen-bond donors (Lipinski definition) is 4. The second-order valence-corrected chi connectivity index (χ2v) is 15.7. The van der Waals surface area contributed by atoms with E-state index >= 15 is 0 Å². The van der Waals surface area contributed by atoms with Crippen LogP contribution >= 0.6 is 11.3 Å². The van der Waals surface area contributed by atoms with Crippen LogP contribution in [0.2, 0.25) is 0 Å². The Balaban J connectivity index is 1.56. The lowest BCUT2D eigenvalue weighted by atomic mass is 9.72. The van der Waals surface area contributed by atoms with Gasteiger partial charge in [0, 0.05) is 24.0 Å². The third kappa shape index (κ3) is 9.38. The summed E-state index contributed by atoms with van der Waals surface area (Å²) in [6.07, 6.45) is 4.98. The van der Waals surface area contributed by atoms with E-state index in [1.165, 1.54) is 24.2 Å². The number of piperidine rings is 1. The predicted octanol–water partition coefficient (Wildman–Crippen LogP) is 4.78. The van der Waals surface area contributed by atoms with Crippen molar-refractivity contribution in [3.05, 3.63) is 58.3 Å². The van der Waals surface area contributed by atoms with Gasteiger partial charge in [0.2, 0.25) is 11.8 Å². The number of likely N-dealkylation sites (tertiary alicyclic amines) is 1. The highest BCUT2D eigenvalue weighted by Crippen LogP contribution is 2.39. The van der Waals surface area contributed by atoms with Gasteiger partial charge in [-0.3, -0.25) is 19.3 Å². The Morgan fingerprint density at radius 1 is 0.977 bits per heavy atom. The first kappa shape index (κ1) is 34.1. The number of aliphatic hydroxyl groups is 1. The SMILES string of the molecule is CC(C)(C)NC(=O)[C@@H]1CC2CCCCC2CN1C[C@@H](O)[C@H](Cc1ccccc1)NC(=O)[C@@H](NC(=O)c1ccsc1)C(C)(C)C. The molecule has 4 rings (SSSR count). The summed E-state index contributed by atoms with van der Waals surface area (Å²) in [5.41, 5.74) is 0.573. The molecule has 242 valence electrons. The number of nitrogens with one attached hydrogen (secondary N) is 3. The molecule has 8 nitrogen and oxygen atoms in total. The number of nitrogens with zero attached hydrogens (tertiary/aromatic N) is 1. The van der Waals surface area contributed by atoms with Crippen LogP contribution in [0.5, 0.6) is 0 Å². The largest absolute Gasteiger partial charge is 0.390 e. The van der Waals surface area contributed by atoms with Crippen LogP contribution in [0.4, 0.5) is 0 Å². The predicted molar refractivity (Wildman–Crippen MR) is 176 cm³/mol. The smallest absolute Gasteiger partial charge is 0.252 e. The van der Waals surface area contributed by atoms with Crippen LogP contribution in [0.3, 0.4) is 0 Å². The highest BCUT2D eigenvalue weighted by atomic mass is 32.1. The normalized spacial score (nSPS) is 23.1. The van der Waals surface area contributed by atoms with Crippen LogP contribution in [-0.2, 0) is 16.0 Å². The minimum atomic E-state index is -0.933. The highest BCUT2D eigenvalue weighted by Gasteiger charge is 2.42. The van der Waals surface area contributed by atoms with Gasteiger partial charge >= 0.3 is 0 Å². The van der Waals surface area contributed by atoms with E-state index in [9.17, 15) is 19.5 Å². The van der Waals surface area contributed by atoms with E-state index in [2.05, 4.69) is 20.9 Å². The number of benzene rings is 1. The zero-order chi connectivity index (χ0) is 32.1. The molecule has 1 aliphatic carbocycles. The number of carbonyl (C=O) groups is 3. The van der Waals surface area contributed by atoms with Gasteiger partial charge in [0.15, 0.2) is 0 Å². The molecule has 1 saturated heterocycles. The number of carbonyl (C=O) groups excluding carboxylic acids is 3. The van der Waals surface area contributed by atoms with Gasteiger partial charge < -0.3 is 21.1 Å². The number of hydrogen-bond acceptors (Lipinski definition) is 6. The molecular formula is C35H52N4O4S. The Morgan fingerprint density at radius 2 is 1.66 bits per heavy atom. The van der Waals surface area contributed by atoms with Crippen molar-refractivity contribution < 1.29 is 19.5 Å². The maximum Gasteiger partial charge on any atom is 0.252 e. The molecule has 0 radical (unpaired) electrons. The molecule has 3 amide bonds. The molecule has 6 atom stereocenters. The number of β-amino-alcohol motifs (C(OH)–C–C–N with tert-alkyl or cyclic N) is 1. The van der Waals surface area contributed by atoms with Gasteiger partial charge in [-0.1, -0.05) is 70.4 Å². The lowest BCUT2D eigenvalue weighted by molar-refractivity contribution is -0.133. The van der Waals surface area contributed by atoms with Crippen LogP contribution in [-0.4, -0.2) is 70.6 Å². The molecule has 2 fully saturated rings. The maximum atomic E-state index is 13.9. The molecule has 2 heterocycles. The van der Waals surface area contributed by atoms with Crippen LogP contribution < -0.4 is 16.0 Å². The topological polar surface area (TPSA) is 111 Å². The quantitative estimate of drug-likeness (QED) is 0.304. The van der Waals surface area contributed by atoms with E-state index in [4.69, 9.17) is 0 Å². The standard InChI is InChI=1S/C35H52N4O4S/c1-34(2,3)30(37-31(41)26-16-17-44-22-26)33(43)36-27(18-23-12-8-7-9-13-23)29(40)21-39-20-25-15-11-10-14-24(25)19-28(39)32(42)38-35(4,5)6/h7-9,12-13,16-17,22,24-25,27-30,40H,10-11,14-15,18-21H2,1-6H3,(H,36,43)(H,37,41)(H,38,42)/t24?,25?,27-,28-,29+,30+/m0/s1. The van der Waals surface area contributed by atoms with Crippen LogP contribution in [0, 0.1) is 17.3 Å². The van der Waals surface area contributed by atoms with Gasteiger partial charge in [-0.2, -0.15) is 11.3 Å². The average molecular weight is 625 g/mol. The number of aliphatic hydroxyl groups excluding tert-OH is 1. The molecule has 1 aromatic heterocycles. The van der Waals surface area contributed by atoms with Crippen LogP contribution in [0.25, 0.3) is 0 Å². The summed E-state index contributed by atoms with van der Waals surface area (Å²) in [5.74, 6) is 0.390. The summed E-state index contributed by atoms with van der Waals surface area (Å²) < 4.78 is 0. The Bertz CT molecular complexity index is 1240. The van der Waals surface area contributed by atoms with Gasteiger partial charge in [-0.15, -0.1) is 0 Å². The second kappa shape index (κ2) is 14.6. The molecule has 0 bridgehead atoms. The fraction of sp³-hybridized carbons (Fsp3) is 0.629. The van der Waals surface area contributed by atoms with Gasteiger partial charge in [-0.05, 0) is 74.3 Å². The van der Waals surface area contributed by atoms with Crippen molar-refractivity contribution in [3.63, 3.8) is 0 Å². The molecule has 44 heavy (non-hydrogen) atoms. The average Bonchev–Trinajstić information content (AvgIpc) is 3.49. The first-order valence-electron chi connectivity index (χ1n) is 16.1. The van der Waals surface area contributed by atoms with E-state index in [1.54, 1.807) is 11.4 Å². The van der Waals surface area contributed by atoms with E-state index in [1.807, 2.05) is 77.3 Å². The highest BCUT2D eigenvalue weighted by molar-refractivity contribution is 7.08. The zero-order valence-electron chi connectivity index (χ0n) is 27.3. The first-order chi connectivity index (χ1) is 20.7. The molecule has 1 saturated carbocycles. The van der Waals surface area contributed by atoms with Crippen molar-refractivity contribution in [2.24, 2.45) is 17.3 Å². The molecule has 0 spiro atoms. The summed E-state index contributed by atoms with van der Waals surface area (Å²) in [6.45, 7) is 12.8. The monoisotopic (exact) mass is 624 g/mol. The number of amides is 3. The summed E-state index contributed by atoms with van der Waals surface area (Å²) in [6, 6.07) is 9.77. The second-order valence-electron chi connectivity index (χ2n) is 14.9. The van der Waals surface area contributed by atoms with Crippen molar-refractivity contribution in [1.29, 1.82) is 0 Å². The fourth-order valence-corrected chi connectivity index (χ4v) is 7.33. The minimum absolute atomic E-state index is 0.00121. The van der Waals surface area contributed by atoms with E-state index in [-0.39, 0.29) is 35.8 Å². The molecule has 9 heteroatoms.